The number of benzene rings is 1. The van der Waals surface area contributed by atoms with Crippen molar-refractivity contribution in [3.63, 3.8) is 0 Å². The molecule has 1 aromatic heterocycles. The summed E-state index contributed by atoms with van der Waals surface area (Å²) in [5.41, 5.74) is 2.15. The van der Waals surface area contributed by atoms with E-state index >= 15 is 0 Å². The Kier molecular flexibility index (Phi) is 6.25. The fourth-order valence-corrected chi connectivity index (χ4v) is 3.25. The van der Waals surface area contributed by atoms with Gasteiger partial charge in [0.1, 0.15) is 6.61 Å². The molecule has 0 amide bonds. The summed E-state index contributed by atoms with van der Waals surface area (Å²) >= 11 is 0. The summed E-state index contributed by atoms with van der Waals surface area (Å²) in [7, 11) is 1.64. The average molecular weight is 342 g/mol. The van der Waals surface area contributed by atoms with Gasteiger partial charge in [0.2, 0.25) is 0 Å². The highest BCUT2D eigenvalue weighted by Gasteiger charge is 2.24. The van der Waals surface area contributed by atoms with E-state index in [1.807, 2.05) is 30.3 Å². The predicted octanol–water partition coefficient (Wildman–Crippen LogP) is 2.92. The van der Waals surface area contributed by atoms with Crippen molar-refractivity contribution in [2.75, 3.05) is 13.7 Å². The van der Waals surface area contributed by atoms with Crippen molar-refractivity contribution in [1.82, 2.24) is 10.3 Å². The van der Waals surface area contributed by atoms with Crippen molar-refractivity contribution in [3.05, 3.63) is 53.9 Å². The number of aliphatic hydroxyl groups is 1. The Labute approximate surface area is 149 Å². The lowest BCUT2D eigenvalue weighted by Gasteiger charge is -2.16. The largest absolute Gasteiger partial charge is 0.493 e. The van der Waals surface area contributed by atoms with Crippen LogP contribution in [0.3, 0.4) is 0 Å². The molecule has 1 heterocycles. The number of hydrogen-bond acceptors (Lipinski definition) is 5. The summed E-state index contributed by atoms with van der Waals surface area (Å²) < 4.78 is 11.3. The van der Waals surface area contributed by atoms with E-state index in [2.05, 4.69) is 10.3 Å². The molecule has 2 N–H and O–H groups in total. The van der Waals surface area contributed by atoms with Crippen molar-refractivity contribution >= 4 is 0 Å². The van der Waals surface area contributed by atoms with Crippen molar-refractivity contribution in [2.45, 2.75) is 38.5 Å². The summed E-state index contributed by atoms with van der Waals surface area (Å²) in [4.78, 5) is 4.10. The SMILES string of the molecule is COc1ccc(CNCC2CCCC2O)cc1OCc1cccnc1. The Morgan fingerprint density at radius 1 is 1.20 bits per heavy atom. The lowest BCUT2D eigenvalue weighted by Crippen LogP contribution is -2.27. The van der Waals surface area contributed by atoms with Gasteiger partial charge in [-0.05, 0) is 42.5 Å². The number of rotatable bonds is 8. The van der Waals surface area contributed by atoms with Crippen LogP contribution in [0, 0.1) is 5.92 Å². The van der Waals surface area contributed by atoms with Crippen LogP contribution < -0.4 is 14.8 Å². The first kappa shape index (κ1) is 17.7. The predicted molar refractivity (Wildman–Crippen MR) is 96.6 cm³/mol. The molecule has 1 aliphatic rings. The lowest BCUT2D eigenvalue weighted by atomic mass is 10.1. The lowest BCUT2D eigenvalue weighted by molar-refractivity contribution is 0.131. The van der Waals surface area contributed by atoms with E-state index < -0.39 is 0 Å². The Balaban J connectivity index is 1.57. The molecular weight excluding hydrogens is 316 g/mol. The van der Waals surface area contributed by atoms with Crippen molar-refractivity contribution in [1.29, 1.82) is 0 Å². The van der Waals surface area contributed by atoms with Crippen molar-refractivity contribution in [3.8, 4) is 11.5 Å². The molecule has 1 aromatic carbocycles. The molecule has 25 heavy (non-hydrogen) atoms. The van der Waals surface area contributed by atoms with Gasteiger partial charge in [0.15, 0.2) is 11.5 Å². The molecule has 1 aliphatic carbocycles. The monoisotopic (exact) mass is 342 g/mol. The zero-order chi connectivity index (χ0) is 17.5. The number of methoxy groups -OCH3 is 1. The smallest absolute Gasteiger partial charge is 0.161 e. The third kappa shape index (κ3) is 4.94. The maximum absolute atomic E-state index is 9.90. The van der Waals surface area contributed by atoms with Gasteiger partial charge >= 0.3 is 0 Å². The summed E-state index contributed by atoms with van der Waals surface area (Å²) in [5.74, 6) is 1.82. The van der Waals surface area contributed by atoms with Gasteiger partial charge in [-0.3, -0.25) is 4.98 Å². The molecule has 5 nitrogen and oxygen atoms in total. The van der Waals surface area contributed by atoms with E-state index in [0.717, 1.165) is 55.0 Å². The highest BCUT2D eigenvalue weighted by atomic mass is 16.5. The molecule has 134 valence electrons. The van der Waals surface area contributed by atoms with Crippen LogP contribution in [0.1, 0.15) is 30.4 Å². The minimum absolute atomic E-state index is 0.151. The minimum atomic E-state index is -0.151. The van der Waals surface area contributed by atoms with Crippen LogP contribution in [0.4, 0.5) is 0 Å². The van der Waals surface area contributed by atoms with Gasteiger partial charge in [0.25, 0.3) is 0 Å². The molecule has 5 heteroatoms. The number of nitrogens with zero attached hydrogens (tertiary/aromatic N) is 1. The van der Waals surface area contributed by atoms with Crippen LogP contribution in [-0.2, 0) is 13.2 Å². The van der Waals surface area contributed by atoms with Crippen molar-refractivity contribution in [2.24, 2.45) is 5.92 Å². The first-order chi connectivity index (χ1) is 12.3. The van der Waals surface area contributed by atoms with E-state index in [0.29, 0.717) is 12.5 Å². The van der Waals surface area contributed by atoms with Crippen molar-refractivity contribution < 1.29 is 14.6 Å². The van der Waals surface area contributed by atoms with Gasteiger partial charge in [0.05, 0.1) is 13.2 Å². The Hall–Kier alpha value is -2.11. The molecule has 1 saturated carbocycles. The number of pyridine rings is 1. The van der Waals surface area contributed by atoms with E-state index in [1.165, 1.54) is 0 Å². The maximum Gasteiger partial charge on any atom is 0.161 e. The number of nitrogens with one attached hydrogen (secondary N) is 1. The molecule has 2 aromatic rings. The van der Waals surface area contributed by atoms with Crippen LogP contribution in [0.15, 0.2) is 42.7 Å². The standard InChI is InChI=1S/C20H26N2O3/c1-24-19-8-7-15(11-22-13-17-5-2-6-18(17)23)10-20(19)25-14-16-4-3-9-21-12-16/h3-4,7-10,12,17-18,22-23H,2,5-6,11,13-14H2,1H3. The van der Waals surface area contributed by atoms with E-state index in [-0.39, 0.29) is 6.10 Å². The van der Waals surface area contributed by atoms with Gasteiger partial charge in [-0.15, -0.1) is 0 Å². The normalized spacial score (nSPS) is 19.8. The second-order valence-corrected chi connectivity index (χ2v) is 6.52. The first-order valence-corrected chi connectivity index (χ1v) is 8.83. The van der Waals surface area contributed by atoms with Crippen LogP contribution in [-0.4, -0.2) is 29.8 Å². The summed E-state index contributed by atoms with van der Waals surface area (Å²) in [6, 6.07) is 9.85. The fourth-order valence-electron chi connectivity index (χ4n) is 3.25. The Bertz CT molecular complexity index is 663. The molecule has 0 spiro atoms. The highest BCUT2D eigenvalue weighted by Crippen LogP contribution is 2.29. The molecule has 0 bridgehead atoms. The van der Waals surface area contributed by atoms with Crippen LogP contribution >= 0.6 is 0 Å². The molecule has 0 aliphatic heterocycles. The number of aliphatic hydroxyl groups excluding tert-OH is 1. The van der Waals surface area contributed by atoms with Gasteiger partial charge < -0.3 is 19.9 Å². The van der Waals surface area contributed by atoms with E-state index in [4.69, 9.17) is 9.47 Å². The third-order valence-electron chi connectivity index (χ3n) is 4.70. The quantitative estimate of drug-likeness (QED) is 0.772. The minimum Gasteiger partial charge on any atom is -0.493 e. The second kappa shape index (κ2) is 8.83. The highest BCUT2D eigenvalue weighted by molar-refractivity contribution is 5.43. The first-order valence-electron chi connectivity index (χ1n) is 8.83. The maximum atomic E-state index is 9.90. The summed E-state index contributed by atoms with van der Waals surface area (Å²) in [6.45, 7) is 2.05. The van der Waals surface area contributed by atoms with Crippen LogP contribution in [0.5, 0.6) is 11.5 Å². The Morgan fingerprint density at radius 3 is 2.84 bits per heavy atom. The fraction of sp³-hybridized carbons (Fsp3) is 0.450. The topological polar surface area (TPSA) is 63.6 Å². The molecular formula is C20H26N2O3. The van der Waals surface area contributed by atoms with E-state index in [1.54, 1.807) is 19.5 Å². The third-order valence-corrected chi connectivity index (χ3v) is 4.70. The molecule has 0 radical (unpaired) electrons. The molecule has 2 unspecified atom stereocenters. The number of aromatic nitrogens is 1. The Morgan fingerprint density at radius 2 is 2.12 bits per heavy atom. The zero-order valence-electron chi connectivity index (χ0n) is 14.6. The van der Waals surface area contributed by atoms with Gasteiger partial charge in [-0.2, -0.15) is 0 Å². The molecule has 2 atom stereocenters. The van der Waals surface area contributed by atoms with Crippen LogP contribution in [0.25, 0.3) is 0 Å². The second-order valence-electron chi connectivity index (χ2n) is 6.52. The zero-order valence-corrected chi connectivity index (χ0v) is 14.6. The average Bonchev–Trinajstić information content (AvgIpc) is 3.06. The van der Waals surface area contributed by atoms with Gasteiger partial charge in [-0.1, -0.05) is 18.6 Å². The molecule has 3 rings (SSSR count). The molecule has 0 saturated heterocycles. The van der Waals surface area contributed by atoms with Gasteiger partial charge in [-0.25, -0.2) is 0 Å². The number of hydrogen-bond donors (Lipinski definition) is 2. The van der Waals surface area contributed by atoms with Crippen LogP contribution in [0.2, 0.25) is 0 Å². The van der Waals surface area contributed by atoms with E-state index in [9.17, 15) is 5.11 Å². The summed E-state index contributed by atoms with van der Waals surface area (Å²) in [6.07, 6.45) is 6.56. The number of ether oxygens (including phenoxy) is 2. The molecule has 1 fully saturated rings. The summed E-state index contributed by atoms with van der Waals surface area (Å²) in [5, 5.41) is 13.3. The van der Waals surface area contributed by atoms with Gasteiger partial charge in [0, 0.05) is 31.0 Å².